The predicted molar refractivity (Wildman–Crippen MR) is 83.5 cm³/mol. The standard InChI is InChI=1S/C17H35NO/c1-6-18-15(13-14(2)17(3,4)5)9-7-10-16-11-8-12-19-16/h14-16,18H,6-13H2,1-5H3. The van der Waals surface area contributed by atoms with Crippen LogP contribution in [0.3, 0.4) is 0 Å². The molecule has 0 amide bonds. The van der Waals surface area contributed by atoms with Crippen LogP contribution in [0.2, 0.25) is 0 Å². The Labute approximate surface area is 120 Å². The molecule has 2 nitrogen and oxygen atoms in total. The van der Waals surface area contributed by atoms with Gasteiger partial charge in [0.05, 0.1) is 6.10 Å². The summed E-state index contributed by atoms with van der Waals surface area (Å²) in [6.07, 6.45) is 8.26. The quantitative estimate of drug-likeness (QED) is 0.706. The van der Waals surface area contributed by atoms with Crippen molar-refractivity contribution in [3.63, 3.8) is 0 Å². The number of ether oxygens (including phenoxy) is 1. The molecule has 0 aromatic rings. The lowest BCUT2D eigenvalue weighted by molar-refractivity contribution is 0.100. The van der Waals surface area contributed by atoms with E-state index in [2.05, 4.69) is 39.9 Å². The van der Waals surface area contributed by atoms with Crippen LogP contribution in [0, 0.1) is 11.3 Å². The van der Waals surface area contributed by atoms with Crippen molar-refractivity contribution in [2.45, 2.75) is 85.3 Å². The van der Waals surface area contributed by atoms with Crippen LogP contribution in [-0.2, 0) is 4.74 Å². The van der Waals surface area contributed by atoms with Crippen molar-refractivity contribution >= 4 is 0 Å². The van der Waals surface area contributed by atoms with Crippen LogP contribution < -0.4 is 5.32 Å². The molecule has 1 aliphatic heterocycles. The van der Waals surface area contributed by atoms with Crippen LogP contribution in [-0.4, -0.2) is 25.3 Å². The highest BCUT2D eigenvalue weighted by Gasteiger charge is 2.23. The molecule has 3 unspecified atom stereocenters. The van der Waals surface area contributed by atoms with Gasteiger partial charge >= 0.3 is 0 Å². The largest absolute Gasteiger partial charge is 0.378 e. The Balaban J connectivity index is 2.26. The van der Waals surface area contributed by atoms with E-state index < -0.39 is 0 Å². The lowest BCUT2D eigenvalue weighted by Gasteiger charge is -2.31. The normalized spacial score (nSPS) is 23.5. The summed E-state index contributed by atoms with van der Waals surface area (Å²) in [6, 6.07) is 0.681. The van der Waals surface area contributed by atoms with E-state index in [0.717, 1.165) is 19.1 Å². The fraction of sp³-hybridized carbons (Fsp3) is 1.00. The summed E-state index contributed by atoms with van der Waals surface area (Å²) in [5.41, 5.74) is 0.419. The minimum absolute atomic E-state index is 0.419. The van der Waals surface area contributed by atoms with Gasteiger partial charge in [-0.05, 0) is 56.4 Å². The Morgan fingerprint density at radius 3 is 2.58 bits per heavy atom. The molecule has 1 aliphatic rings. The SMILES string of the molecule is CCNC(CCCC1CCCO1)CC(C)C(C)(C)C. The molecule has 0 bridgehead atoms. The van der Waals surface area contributed by atoms with Gasteiger partial charge in [0.2, 0.25) is 0 Å². The summed E-state index contributed by atoms with van der Waals surface area (Å²) in [4.78, 5) is 0. The molecule has 1 fully saturated rings. The summed E-state index contributed by atoms with van der Waals surface area (Å²) >= 11 is 0. The van der Waals surface area contributed by atoms with Gasteiger partial charge in [0.25, 0.3) is 0 Å². The molecule has 0 spiro atoms. The van der Waals surface area contributed by atoms with Crippen molar-refractivity contribution in [1.82, 2.24) is 5.32 Å². The minimum Gasteiger partial charge on any atom is -0.378 e. The predicted octanol–water partition coefficient (Wildman–Crippen LogP) is 4.39. The van der Waals surface area contributed by atoms with Gasteiger partial charge in [-0.25, -0.2) is 0 Å². The van der Waals surface area contributed by atoms with E-state index in [-0.39, 0.29) is 0 Å². The zero-order chi connectivity index (χ0) is 14.3. The van der Waals surface area contributed by atoms with Gasteiger partial charge in [-0.15, -0.1) is 0 Å². The molecule has 114 valence electrons. The Morgan fingerprint density at radius 2 is 2.05 bits per heavy atom. The maximum atomic E-state index is 5.71. The van der Waals surface area contributed by atoms with Gasteiger partial charge in [0.1, 0.15) is 0 Å². The molecule has 1 heterocycles. The third-order valence-corrected chi connectivity index (χ3v) is 4.71. The van der Waals surface area contributed by atoms with Crippen LogP contribution in [0.1, 0.15) is 73.1 Å². The maximum Gasteiger partial charge on any atom is 0.0576 e. The van der Waals surface area contributed by atoms with Crippen LogP contribution in [0.4, 0.5) is 0 Å². The zero-order valence-corrected chi connectivity index (χ0v) is 13.8. The molecule has 0 aliphatic carbocycles. The molecule has 1 rings (SSSR count). The van der Waals surface area contributed by atoms with E-state index >= 15 is 0 Å². The Morgan fingerprint density at radius 1 is 1.32 bits per heavy atom. The van der Waals surface area contributed by atoms with Crippen molar-refractivity contribution in [2.24, 2.45) is 11.3 Å². The van der Waals surface area contributed by atoms with Crippen LogP contribution in [0.15, 0.2) is 0 Å². The van der Waals surface area contributed by atoms with Gasteiger partial charge in [-0.2, -0.15) is 0 Å². The molecule has 0 aromatic carbocycles. The van der Waals surface area contributed by atoms with E-state index in [1.54, 1.807) is 0 Å². The highest BCUT2D eigenvalue weighted by atomic mass is 16.5. The molecule has 19 heavy (non-hydrogen) atoms. The lowest BCUT2D eigenvalue weighted by atomic mass is 9.78. The average Bonchev–Trinajstić information content (AvgIpc) is 2.81. The summed E-state index contributed by atoms with van der Waals surface area (Å²) in [7, 11) is 0. The summed E-state index contributed by atoms with van der Waals surface area (Å²) in [5.74, 6) is 0.763. The number of nitrogens with one attached hydrogen (secondary N) is 1. The lowest BCUT2D eigenvalue weighted by Crippen LogP contribution is -2.33. The van der Waals surface area contributed by atoms with Gasteiger partial charge < -0.3 is 10.1 Å². The van der Waals surface area contributed by atoms with E-state index in [1.807, 2.05) is 0 Å². The maximum absolute atomic E-state index is 5.71. The second-order valence-electron chi connectivity index (χ2n) is 7.32. The van der Waals surface area contributed by atoms with Gasteiger partial charge in [-0.3, -0.25) is 0 Å². The summed E-state index contributed by atoms with van der Waals surface area (Å²) < 4.78 is 5.71. The highest BCUT2D eigenvalue weighted by molar-refractivity contribution is 4.77. The summed E-state index contributed by atoms with van der Waals surface area (Å²) in [6.45, 7) is 13.7. The van der Waals surface area contributed by atoms with E-state index in [4.69, 9.17) is 4.74 Å². The number of hydrogen-bond acceptors (Lipinski definition) is 2. The Kier molecular flexibility index (Phi) is 7.38. The number of rotatable bonds is 8. The first kappa shape index (κ1) is 17.0. The van der Waals surface area contributed by atoms with E-state index in [9.17, 15) is 0 Å². The minimum atomic E-state index is 0.419. The first-order valence-corrected chi connectivity index (χ1v) is 8.28. The molecular weight excluding hydrogens is 234 g/mol. The molecule has 1 saturated heterocycles. The molecule has 1 N–H and O–H groups in total. The average molecular weight is 269 g/mol. The van der Waals surface area contributed by atoms with Crippen molar-refractivity contribution in [1.29, 1.82) is 0 Å². The third-order valence-electron chi connectivity index (χ3n) is 4.71. The van der Waals surface area contributed by atoms with E-state index in [0.29, 0.717) is 17.6 Å². The summed E-state index contributed by atoms with van der Waals surface area (Å²) in [5, 5.41) is 3.67. The Bertz CT molecular complexity index is 228. The topological polar surface area (TPSA) is 21.3 Å². The first-order chi connectivity index (χ1) is 8.93. The monoisotopic (exact) mass is 269 g/mol. The molecule has 0 aromatic heterocycles. The highest BCUT2D eigenvalue weighted by Crippen LogP contribution is 2.30. The first-order valence-electron chi connectivity index (χ1n) is 8.28. The van der Waals surface area contributed by atoms with Crippen molar-refractivity contribution < 1.29 is 4.74 Å². The van der Waals surface area contributed by atoms with Gasteiger partial charge in [-0.1, -0.05) is 34.6 Å². The van der Waals surface area contributed by atoms with E-state index in [1.165, 1.54) is 38.5 Å². The van der Waals surface area contributed by atoms with Crippen molar-refractivity contribution in [2.75, 3.05) is 13.2 Å². The molecule has 0 radical (unpaired) electrons. The third kappa shape index (κ3) is 6.76. The smallest absolute Gasteiger partial charge is 0.0576 e. The molecule has 2 heteroatoms. The second-order valence-corrected chi connectivity index (χ2v) is 7.32. The van der Waals surface area contributed by atoms with Gasteiger partial charge in [0.15, 0.2) is 0 Å². The van der Waals surface area contributed by atoms with Gasteiger partial charge in [0, 0.05) is 12.6 Å². The molecule has 0 saturated carbocycles. The van der Waals surface area contributed by atoms with Crippen LogP contribution in [0.25, 0.3) is 0 Å². The Hall–Kier alpha value is -0.0800. The number of hydrogen-bond donors (Lipinski definition) is 1. The fourth-order valence-corrected chi connectivity index (χ4v) is 2.84. The fourth-order valence-electron chi connectivity index (χ4n) is 2.84. The van der Waals surface area contributed by atoms with Crippen LogP contribution in [0.5, 0.6) is 0 Å². The molecule has 3 atom stereocenters. The van der Waals surface area contributed by atoms with Crippen LogP contribution >= 0.6 is 0 Å². The second kappa shape index (κ2) is 8.26. The van der Waals surface area contributed by atoms with Crippen molar-refractivity contribution in [3.05, 3.63) is 0 Å². The molecular formula is C17H35NO. The zero-order valence-electron chi connectivity index (χ0n) is 13.8. The van der Waals surface area contributed by atoms with Crippen molar-refractivity contribution in [3.8, 4) is 0 Å².